The fraction of sp³-hybridized carbons (Fsp3) is 0.600. The van der Waals surface area contributed by atoms with Gasteiger partial charge >= 0.3 is 0 Å². The quantitative estimate of drug-likeness (QED) is 0.803. The van der Waals surface area contributed by atoms with E-state index < -0.39 is 10.0 Å². The molecule has 0 heterocycles. The summed E-state index contributed by atoms with van der Waals surface area (Å²) in [5, 5.41) is 3.14. The molecule has 1 atom stereocenters. The summed E-state index contributed by atoms with van der Waals surface area (Å²) in [5.74, 6) is 0. The first-order valence-electron chi connectivity index (χ1n) is 7.24. The van der Waals surface area contributed by atoms with E-state index >= 15 is 0 Å². The molecule has 1 N–H and O–H groups in total. The van der Waals surface area contributed by atoms with Gasteiger partial charge in [0.15, 0.2) is 0 Å². The van der Waals surface area contributed by atoms with E-state index in [0.29, 0.717) is 18.0 Å². The maximum absolute atomic E-state index is 12.6. The molecule has 1 rings (SSSR count). The van der Waals surface area contributed by atoms with Crippen molar-refractivity contribution in [3.05, 3.63) is 29.8 Å². The van der Waals surface area contributed by atoms with Crippen LogP contribution >= 0.6 is 0 Å². The maximum atomic E-state index is 12.6. The van der Waals surface area contributed by atoms with Gasteiger partial charge < -0.3 is 5.32 Å². The van der Waals surface area contributed by atoms with Gasteiger partial charge in [-0.1, -0.05) is 26.0 Å². The number of hydrogen-bond acceptors (Lipinski definition) is 3. The molecule has 1 aromatic rings. The van der Waals surface area contributed by atoms with Gasteiger partial charge in [0.2, 0.25) is 10.0 Å². The van der Waals surface area contributed by atoms with Gasteiger partial charge in [0, 0.05) is 19.1 Å². The summed E-state index contributed by atoms with van der Waals surface area (Å²) in [5.41, 5.74) is 1.09. The predicted octanol–water partition coefficient (Wildman–Crippen LogP) is 2.78. The highest BCUT2D eigenvalue weighted by atomic mass is 32.2. The van der Waals surface area contributed by atoms with Crippen molar-refractivity contribution in [3.8, 4) is 0 Å². The molecule has 1 aromatic carbocycles. The van der Waals surface area contributed by atoms with Crippen LogP contribution in [0.4, 0.5) is 0 Å². The zero-order valence-electron chi connectivity index (χ0n) is 12.9. The highest BCUT2D eigenvalue weighted by Gasteiger charge is 2.22. The Balaban J connectivity index is 3.02. The summed E-state index contributed by atoms with van der Waals surface area (Å²) >= 11 is 0. The fourth-order valence-corrected chi connectivity index (χ4v) is 3.72. The standard InChI is InChI=1S/C15H26N2O2S/c1-5-11-17(12-6-2)20(18,19)15-9-7-14(8-10-15)13(3)16-4/h7-10,13,16H,5-6,11-12H2,1-4H3. The molecule has 1 unspecified atom stereocenters. The molecule has 0 aromatic heterocycles. The molecule has 0 aliphatic rings. The Morgan fingerprint density at radius 2 is 1.60 bits per heavy atom. The third-order valence-corrected chi connectivity index (χ3v) is 5.31. The minimum atomic E-state index is -3.36. The SMILES string of the molecule is CCCN(CCC)S(=O)(=O)c1ccc(C(C)NC)cc1. The van der Waals surface area contributed by atoms with Crippen LogP contribution in [0.2, 0.25) is 0 Å². The minimum Gasteiger partial charge on any atom is -0.313 e. The summed E-state index contributed by atoms with van der Waals surface area (Å²) < 4.78 is 26.7. The van der Waals surface area contributed by atoms with Crippen LogP contribution in [0.3, 0.4) is 0 Å². The normalized spacial score (nSPS) is 13.7. The van der Waals surface area contributed by atoms with Crippen molar-refractivity contribution in [2.24, 2.45) is 0 Å². The van der Waals surface area contributed by atoms with E-state index in [9.17, 15) is 8.42 Å². The van der Waals surface area contributed by atoms with Gasteiger partial charge in [0.05, 0.1) is 4.90 Å². The smallest absolute Gasteiger partial charge is 0.243 e. The number of benzene rings is 1. The number of nitrogens with one attached hydrogen (secondary N) is 1. The highest BCUT2D eigenvalue weighted by molar-refractivity contribution is 7.89. The van der Waals surface area contributed by atoms with Crippen LogP contribution in [0.1, 0.15) is 45.2 Å². The topological polar surface area (TPSA) is 49.4 Å². The highest BCUT2D eigenvalue weighted by Crippen LogP contribution is 2.19. The summed E-state index contributed by atoms with van der Waals surface area (Å²) in [6.07, 6.45) is 1.65. The lowest BCUT2D eigenvalue weighted by atomic mass is 10.1. The fourth-order valence-electron chi connectivity index (χ4n) is 2.10. The maximum Gasteiger partial charge on any atom is 0.243 e. The van der Waals surface area contributed by atoms with Crippen molar-refractivity contribution < 1.29 is 8.42 Å². The Morgan fingerprint density at radius 1 is 1.10 bits per heavy atom. The van der Waals surface area contributed by atoms with E-state index in [0.717, 1.165) is 18.4 Å². The van der Waals surface area contributed by atoms with Crippen molar-refractivity contribution in [1.29, 1.82) is 0 Å². The Morgan fingerprint density at radius 3 is 2.00 bits per heavy atom. The van der Waals surface area contributed by atoms with Crippen molar-refractivity contribution >= 4 is 10.0 Å². The molecule has 0 aliphatic heterocycles. The van der Waals surface area contributed by atoms with E-state index in [1.165, 1.54) is 0 Å². The first-order chi connectivity index (χ1) is 9.47. The number of sulfonamides is 1. The minimum absolute atomic E-state index is 0.217. The van der Waals surface area contributed by atoms with E-state index in [1.807, 2.05) is 40.0 Å². The Kier molecular flexibility index (Phi) is 6.65. The summed E-state index contributed by atoms with van der Waals surface area (Å²) in [4.78, 5) is 0.381. The van der Waals surface area contributed by atoms with Gasteiger partial charge in [-0.15, -0.1) is 0 Å². The summed E-state index contributed by atoms with van der Waals surface area (Å²) in [7, 11) is -1.47. The van der Waals surface area contributed by atoms with Crippen molar-refractivity contribution in [1.82, 2.24) is 9.62 Å². The lowest BCUT2D eigenvalue weighted by molar-refractivity contribution is 0.410. The number of rotatable bonds is 8. The second kappa shape index (κ2) is 7.76. The molecule has 114 valence electrons. The lowest BCUT2D eigenvalue weighted by Crippen LogP contribution is -2.32. The van der Waals surface area contributed by atoms with Crippen LogP contribution in [-0.4, -0.2) is 32.9 Å². The van der Waals surface area contributed by atoms with E-state index in [4.69, 9.17) is 0 Å². The van der Waals surface area contributed by atoms with Crippen LogP contribution in [0, 0.1) is 0 Å². The van der Waals surface area contributed by atoms with Crippen LogP contribution in [0.25, 0.3) is 0 Å². The Hall–Kier alpha value is -0.910. The average Bonchev–Trinajstić information content (AvgIpc) is 2.46. The second-order valence-electron chi connectivity index (χ2n) is 4.98. The first-order valence-corrected chi connectivity index (χ1v) is 8.68. The second-order valence-corrected chi connectivity index (χ2v) is 6.92. The molecule has 0 fully saturated rings. The monoisotopic (exact) mass is 298 g/mol. The van der Waals surface area contributed by atoms with Crippen LogP contribution < -0.4 is 5.32 Å². The van der Waals surface area contributed by atoms with Crippen LogP contribution in [-0.2, 0) is 10.0 Å². The zero-order chi connectivity index (χ0) is 15.2. The lowest BCUT2D eigenvalue weighted by Gasteiger charge is -2.21. The third kappa shape index (κ3) is 4.04. The molecule has 4 nitrogen and oxygen atoms in total. The molecule has 0 bridgehead atoms. The van der Waals surface area contributed by atoms with Crippen molar-refractivity contribution in [2.75, 3.05) is 20.1 Å². The Bertz CT molecular complexity index is 491. The van der Waals surface area contributed by atoms with Gasteiger partial charge in [-0.25, -0.2) is 8.42 Å². The molecule has 5 heteroatoms. The first kappa shape index (κ1) is 17.1. The van der Waals surface area contributed by atoms with Crippen molar-refractivity contribution in [2.45, 2.75) is 44.6 Å². The molecular formula is C15H26N2O2S. The number of hydrogen-bond donors (Lipinski definition) is 1. The van der Waals surface area contributed by atoms with Crippen molar-refractivity contribution in [3.63, 3.8) is 0 Å². The summed E-state index contributed by atoms with van der Waals surface area (Å²) in [6.45, 7) is 7.19. The average molecular weight is 298 g/mol. The van der Waals surface area contributed by atoms with E-state index in [1.54, 1.807) is 16.4 Å². The molecule has 0 radical (unpaired) electrons. The largest absolute Gasteiger partial charge is 0.313 e. The number of nitrogens with zero attached hydrogens (tertiary/aromatic N) is 1. The Labute approximate surface area is 123 Å². The molecule has 0 saturated heterocycles. The summed E-state index contributed by atoms with van der Waals surface area (Å²) in [6, 6.07) is 7.39. The van der Waals surface area contributed by atoms with Gasteiger partial charge in [0.25, 0.3) is 0 Å². The molecule has 0 aliphatic carbocycles. The molecule has 20 heavy (non-hydrogen) atoms. The van der Waals surface area contributed by atoms with Crippen LogP contribution in [0.5, 0.6) is 0 Å². The molecule has 0 amide bonds. The van der Waals surface area contributed by atoms with Gasteiger partial charge in [0.1, 0.15) is 0 Å². The molecular weight excluding hydrogens is 272 g/mol. The predicted molar refractivity (Wildman–Crippen MR) is 83.3 cm³/mol. The third-order valence-electron chi connectivity index (χ3n) is 3.40. The van der Waals surface area contributed by atoms with Gasteiger partial charge in [-0.3, -0.25) is 0 Å². The molecule has 0 spiro atoms. The van der Waals surface area contributed by atoms with Crippen LogP contribution in [0.15, 0.2) is 29.2 Å². The van der Waals surface area contributed by atoms with E-state index in [2.05, 4.69) is 5.32 Å². The van der Waals surface area contributed by atoms with E-state index in [-0.39, 0.29) is 6.04 Å². The van der Waals surface area contributed by atoms with Gasteiger partial charge in [-0.2, -0.15) is 4.31 Å². The molecule has 0 saturated carbocycles. The van der Waals surface area contributed by atoms with Gasteiger partial charge in [-0.05, 0) is 44.5 Å². The zero-order valence-corrected chi connectivity index (χ0v) is 13.7.